The lowest BCUT2D eigenvalue weighted by molar-refractivity contribution is -0.113. The van der Waals surface area contributed by atoms with Gasteiger partial charge in [0.25, 0.3) is 0 Å². The molecule has 25 heavy (non-hydrogen) atoms. The van der Waals surface area contributed by atoms with Gasteiger partial charge in [-0.25, -0.2) is 4.68 Å². The number of hydrogen-bond acceptors (Lipinski definition) is 4. The number of aryl methyl sites for hydroxylation is 3. The fourth-order valence-corrected chi connectivity index (χ4v) is 3.37. The molecule has 3 aromatic rings. The molecule has 3 rings (SSSR count). The van der Waals surface area contributed by atoms with Crippen LogP contribution in [0.15, 0.2) is 47.9 Å². The summed E-state index contributed by atoms with van der Waals surface area (Å²) in [6.07, 6.45) is 4.63. The Kier molecular flexibility index (Phi) is 5.23. The van der Waals surface area contributed by atoms with Crippen molar-refractivity contribution in [2.24, 2.45) is 0 Å². The van der Waals surface area contributed by atoms with Gasteiger partial charge in [0, 0.05) is 24.5 Å². The second-order valence-electron chi connectivity index (χ2n) is 5.73. The monoisotopic (exact) mass is 355 g/mol. The minimum absolute atomic E-state index is 0.0532. The molecule has 0 unspecified atom stereocenters. The zero-order valence-electron chi connectivity index (χ0n) is 14.6. The predicted octanol–water partition coefficient (Wildman–Crippen LogP) is 3.30. The summed E-state index contributed by atoms with van der Waals surface area (Å²) in [6, 6.07) is 9.86. The first kappa shape index (κ1) is 17.3. The Hall–Kier alpha value is -2.54. The highest BCUT2D eigenvalue weighted by Crippen LogP contribution is 2.21. The van der Waals surface area contributed by atoms with Crippen LogP contribution in [-0.2, 0) is 11.2 Å². The number of aromatic nitrogens is 4. The molecule has 1 aromatic carbocycles. The maximum atomic E-state index is 12.4. The van der Waals surface area contributed by atoms with Crippen LogP contribution in [0.2, 0.25) is 0 Å². The Bertz CT molecular complexity index is 849. The third-order valence-electron chi connectivity index (χ3n) is 3.89. The number of rotatable bonds is 6. The van der Waals surface area contributed by atoms with E-state index in [1.54, 1.807) is 0 Å². The summed E-state index contributed by atoms with van der Waals surface area (Å²) in [5, 5.41) is 12.2. The molecule has 130 valence electrons. The summed E-state index contributed by atoms with van der Waals surface area (Å²) < 4.78 is 3.85. The van der Waals surface area contributed by atoms with Gasteiger partial charge in [-0.05, 0) is 37.1 Å². The maximum Gasteiger partial charge on any atom is 0.234 e. The summed E-state index contributed by atoms with van der Waals surface area (Å²) >= 11 is 1.38. The van der Waals surface area contributed by atoms with Crippen LogP contribution in [0.4, 0.5) is 5.69 Å². The number of nitrogens with zero attached hydrogens (tertiary/aromatic N) is 4. The van der Waals surface area contributed by atoms with Crippen molar-refractivity contribution in [3.05, 3.63) is 59.7 Å². The Morgan fingerprint density at radius 1 is 1.12 bits per heavy atom. The van der Waals surface area contributed by atoms with Gasteiger partial charge in [0.15, 0.2) is 5.82 Å². The number of carbonyl (C=O) groups excluding carboxylic acids is 1. The molecule has 0 atom stereocenters. The Morgan fingerprint density at radius 2 is 1.80 bits per heavy atom. The number of benzene rings is 1. The largest absolute Gasteiger partial charge is 0.325 e. The second kappa shape index (κ2) is 7.57. The van der Waals surface area contributed by atoms with Crippen molar-refractivity contribution in [3.8, 4) is 0 Å². The van der Waals surface area contributed by atoms with Gasteiger partial charge in [0.2, 0.25) is 11.1 Å². The molecule has 6 nitrogen and oxygen atoms in total. The van der Waals surface area contributed by atoms with Crippen LogP contribution in [-0.4, -0.2) is 31.2 Å². The molecule has 0 aliphatic rings. The number of nitrogens with one attached hydrogen (secondary N) is 1. The minimum atomic E-state index is -0.0532. The van der Waals surface area contributed by atoms with Crippen molar-refractivity contribution in [2.75, 3.05) is 11.1 Å². The van der Waals surface area contributed by atoms with Crippen LogP contribution in [0.5, 0.6) is 0 Å². The zero-order chi connectivity index (χ0) is 17.8. The molecule has 0 aliphatic carbocycles. The summed E-state index contributed by atoms with van der Waals surface area (Å²) in [7, 11) is 0. The normalized spacial score (nSPS) is 10.8. The molecule has 0 saturated carbocycles. The topological polar surface area (TPSA) is 64.7 Å². The van der Waals surface area contributed by atoms with Crippen LogP contribution in [0.3, 0.4) is 0 Å². The molecule has 0 radical (unpaired) electrons. The molecule has 2 heterocycles. The van der Waals surface area contributed by atoms with Gasteiger partial charge in [0.05, 0.1) is 5.75 Å². The number of para-hydroxylation sites is 1. The first-order valence-corrected chi connectivity index (χ1v) is 9.15. The van der Waals surface area contributed by atoms with Gasteiger partial charge in [-0.15, -0.1) is 10.2 Å². The highest BCUT2D eigenvalue weighted by Gasteiger charge is 2.15. The van der Waals surface area contributed by atoms with Crippen molar-refractivity contribution in [2.45, 2.75) is 32.3 Å². The lowest BCUT2D eigenvalue weighted by atomic mass is 10.1. The second-order valence-corrected chi connectivity index (χ2v) is 6.67. The van der Waals surface area contributed by atoms with E-state index in [1.165, 1.54) is 11.8 Å². The van der Waals surface area contributed by atoms with Crippen LogP contribution < -0.4 is 5.32 Å². The maximum absolute atomic E-state index is 12.4. The average molecular weight is 355 g/mol. The van der Waals surface area contributed by atoms with E-state index in [4.69, 9.17) is 0 Å². The highest BCUT2D eigenvalue weighted by atomic mass is 32.2. The van der Waals surface area contributed by atoms with Crippen LogP contribution in [0.25, 0.3) is 0 Å². The van der Waals surface area contributed by atoms with Crippen LogP contribution >= 0.6 is 11.8 Å². The molecule has 1 amide bonds. The van der Waals surface area contributed by atoms with Crippen molar-refractivity contribution >= 4 is 23.4 Å². The number of hydrogen-bond donors (Lipinski definition) is 1. The van der Waals surface area contributed by atoms with Gasteiger partial charge in [-0.2, -0.15) is 0 Å². The van der Waals surface area contributed by atoms with Crippen molar-refractivity contribution in [1.82, 2.24) is 19.5 Å². The lowest BCUT2D eigenvalue weighted by Gasteiger charge is -2.12. The molecule has 0 aliphatic heterocycles. The quantitative estimate of drug-likeness (QED) is 0.689. The van der Waals surface area contributed by atoms with Crippen LogP contribution in [0.1, 0.15) is 23.9 Å². The van der Waals surface area contributed by atoms with Crippen molar-refractivity contribution in [3.63, 3.8) is 0 Å². The fourth-order valence-electron chi connectivity index (χ4n) is 2.61. The van der Waals surface area contributed by atoms with Gasteiger partial charge in [-0.3, -0.25) is 9.47 Å². The third kappa shape index (κ3) is 3.76. The summed E-state index contributed by atoms with van der Waals surface area (Å²) in [5.41, 5.74) is 3.00. The van der Waals surface area contributed by atoms with Gasteiger partial charge in [0.1, 0.15) is 0 Å². The van der Waals surface area contributed by atoms with Crippen LogP contribution in [0, 0.1) is 13.8 Å². The third-order valence-corrected chi connectivity index (χ3v) is 4.81. The number of carbonyl (C=O) groups is 1. The minimum Gasteiger partial charge on any atom is -0.325 e. The Balaban J connectivity index is 1.72. The van der Waals surface area contributed by atoms with E-state index in [1.807, 2.05) is 72.8 Å². The van der Waals surface area contributed by atoms with Crippen molar-refractivity contribution < 1.29 is 4.79 Å². The van der Waals surface area contributed by atoms with E-state index in [2.05, 4.69) is 15.5 Å². The zero-order valence-corrected chi connectivity index (χ0v) is 15.4. The van der Waals surface area contributed by atoms with Crippen molar-refractivity contribution in [1.29, 1.82) is 0 Å². The molecule has 0 spiro atoms. The smallest absolute Gasteiger partial charge is 0.234 e. The van der Waals surface area contributed by atoms with E-state index in [0.29, 0.717) is 5.16 Å². The number of anilines is 1. The molecule has 7 heteroatoms. The SMILES string of the molecule is CCc1nnc(SCC(=O)Nc2c(C)cccc2C)n1-n1cccc1. The number of thioether (sulfide) groups is 1. The average Bonchev–Trinajstić information content (AvgIpc) is 3.25. The molecule has 2 aromatic heterocycles. The van der Waals surface area contributed by atoms with E-state index in [-0.39, 0.29) is 11.7 Å². The van der Waals surface area contributed by atoms with Gasteiger partial charge >= 0.3 is 0 Å². The molecule has 1 N–H and O–H groups in total. The molecule has 0 saturated heterocycles. The Morgan fingerprint density at radius 3 is 2.44 bits per heavy atom. The Labute approximate surface area is 151 Å². The van der Waals surface area contributed by atoms with E-state index in [9.17, 15) is 4.79 Å². The van der Waals surface area contributed by atoms with E-state index < -0.39 is 0 Å². The molecule has 0 fully saturated rings. The summed E-state index contributed by atoms with van der Waals surface area (Å²) in [4.78, 5) is 12.4. The first-order chi connectivity index (χ1) is 12.1. The highest BCUT2D eigenvalue weighted by molar-refractivity contribution is 7.99. The van der Waals surface area contributed by atoms with Gasteiger partial charge < -0.3 is 5.32 Å². The van der Waals surface area contributed by atoms with E-state index >= 15 is 0 Å². The summed E-state index contributed by atoms with van der Waals surface area (Å²) in [6.45, 7) is 6.02. The van der Waals surface area contributed by atoms with E-state index in [0.717, 1.165) is 29.1 Å². The molecular formula is C18H21N5OS. The molecular weight excluding hydrogens is 334 g/mol. The molecule has 0 bridgehead atoms. The first-order valence-electron chi connectivity index (χ1n) is 8.17. The predicted molar refractivity (Wildman–Crippen MR) is 99.9 cm³/mol. The number of amides is 1. The standard InChI is InChI=1S/C18H21N5OS/c1-4-15-20-21-18(23(15)22-10-5-6-11-22)25-12-16(24)19-17-13(2)8-7-9-14(17)3/h5-11H,4,12H2,1-3H3,(H,19,24). The van der Waals surface area contributed by atoms with Gasteiger partial charge in [-0.1, -0.05) is 36.9 Å². The fraction of sp³-hybridized carbons (Fsp3) is 0.278. The summed E-state index contributed by atoms with van der Waals surface area (Å²) in [5.74, 6) is 1.08. The lowest BCUT2D eigenvalue weighted by Crippen LogP contribution is -2.17.